The van der Waals surface area contributed by atoms with Crippen molar-refractivity contribution in [2.75, 3.05) is 13.7 Å². The molecule has 0 saturated carbocycles. The molecule has 0 radical (unpaired) electrons. The van der Waals surface area contributed by atoms with E-state index < -0.39 is 0 Å². The van der Waals surface area contributed by atoms with Crippen molar-refractivity contribution in [1.82, 2.24) is 10.3 Å². The maximum absolute atomic E-state index is 12.0. The number of ether oxygens (including phenoxy) is 1. The zero-order chi connectivity index (χ0) is 14.4. The Labute approximate surface area is 118 Å². The van der Waals surface area contributed by atoms with Gasteiger partial charge in [-0.05, 0) is 36.8 Å². The van der Waals surface area contributed by atoms with Gasteiger partial charge in [0.1, 0.15) is 5.75 Å². The first-order valence-corrected chi connectivity index (χ1v) is 6.53. The number of rotatable bonds is 5. The molecule has 2 aromatic rings. The second-order valence-electron chi connectivity index (χ2n) is 4.51. The SMILES string of the molecule is COc1cc(C(=O)NCCc2ccccn2)ccc1C. The summed E-state index contributed by atoms with van der Waals surface area (Å²) in [5.41, 5.74) is 2.58. The lowest BCUT2D eigenvalue weighted by molar-refractivity contribution is 0.0953. The standard InChI is InChI=1S/C16H18N2O2/c1-12-6-7-13(11-15(12)20-2)16(19)18-10-8-14-5-3-4-9-17-14/h3-7,9,11H,8,10H2,1-2H3,(H,18,19). The quantitative estimate of drug-likeness (QED) is 0.907. The molecule has 2 rings (SSSR count). The maximum atomic E-state index is 12.0. The number of carbonyl (C=O) groups excluding carboxylic acids is 1. The second kappa shape index (κ2) is 6.70. The number of nitrogens with one attached hydrogen (secondary N) is 1. The van der Waals surface area contributed by atoms with Crippen LogP contribution in [0.25, 0.3) is 0 Å². The molecular weight excluding hydrogens is 252 g/mol. The van der Waals surface area contributed by atoms with Crippen LogP contribution in [0.4, 0.5) is 0 Å². The number of benzene rings is 1. The molecule has 4 heteroatoms. The number of aromatic nitrogens is 1. The highest BCUT2D eigenvalue weighted by molar-refractivity contribution is 5.94. The van der Waals surface area contributed by atoms with Gasteiger partial charge in [-0.2, -0.15) is 0 Å². The average molecular weight is 270 g/mol. The topological polar surface area (TPSA) is 51.2 Å². The monoisotopic (exact) mass is 270 g/mol. The van der Waals surface area contributed by atoms with Crippen molar-refractivity contribution >= 4 is 5.91 Å². The molecular formula is C16H18N2O2. The van der Waals surface area contributed by atoms with Gasteiger partial charge in [0.15, 0.2) is 0 Å². The van der Waals surface area contributed by atoms with E-state index in [4.69, 9.17) is 4.74 Å². The van der Waals surface area contributed by atoms with Gasteiger partial charge in [-0.15, -0.1) is 0 Å². The zero-order valence-electron chi connectivity index (χ0n) is 11.7. The highest BCUT2D eigenvalue weighted by Gasteiger charge is 2.08. The van der Waals surface area contributed by atoms with Gasteiger partial charge >= 0.3 is 0 Å². The van der Waals surface area contributed by atoms with Gasteiger partial charge in [0.2, 0.25) is 0 Å². The smallest absolute Gasteiger partial charge is 0.251 e. The van der Waals surface area contributed by atoms with E-state index >= 15 is 0 Å². The minimum atomic E-state index is -0.0979. The van der Waals surface area contributed by atoms with E-state index in [1.807, 2.05) is 31.2 Å². The molecule has 0 spiro atoms. The molecule has 0 aliphatic carbocycles. The summed E-state index contributed by atoms with van der Waals surface area (Å²) in [6.45, 7) is 2.51. The molecule has 104 valence electrons. The summed E-state index contributed by atoms with van der Waals surface area (Å²) < 4.78 is 5.22. The van der Waals surface area contributed by atoms with Gasteiger partial charge in [-0.25, -0.2) is 0 Å². The van der Waals surface area contributed by atoms with Gasteiger partial charge in [0.25, 0.3) is 5.91 Å². The van der Waals surface area contributed by atoms with Crippen LogP contribution in [0.3, 0.4) is 0 Å². The number of aryl methyl sites for hydroxylation is 1. The maximum Gasteiger partial charge on any atom is 0.251 e. The van der Waals surface area contributed by atoms with E-state index in [0.717, 1.165) is 23.4 Å². The van der Waals surface area contributed by atoms with Gasteiger partial charge < -0.3 is 10.1 Å². The Morgan fingerprint density at radius 1 is 1.30 bits per heavy atom. The van der Waals surface area contributed by atoms with E-state index in [1.54, 1.807) is 25.4 Å². The molecule has 1 N–H and O–H groups in total. The predicted octanol–water partition coefficient (Wildman–Crippen LogP) is 2.37. The Bertz CT molecular complexity index is 582. The van der Waals surface area contributed by atoms with Crippen molar-refractivity contribution in [2.45, 2.75) is 13.3 Å². The van der Waals surface area contributed by atoms with E-state index in [-0.39, 0.29) is 5.91 Å². The minimum Gasteiger partial charge on any atom is -0.496 e. The van der Waals surface area contributed by atoms with Crippen LogP contribution in [0.15, 0.2) is 42.6 Å². The Morgan fingerprint density at radius 2 is 2.15 bits per heavy atom. The number of hydrogen-bond donors (Lipinski definition) is 1. The Kier molecular flexibility index (Phi) is 4.71. The summed E-state index contributed by atoms with van der Waals surface area (Å²) in [5.74, 6) is 0.626. The first-order chi connectivity index (χ1) is 9.70. The molecule has 0 fully saturated rings. The largest absolute Gasteiger partial charge is 0.496 e. The van der Waals surface area contributed by atoms with E-state index in [9.17, 15) is 4.79 Å². The number of methoxy groups -OCH3 is 1. The van der Waals surface area contributed by atoms with Gasteiger partial charge in [0, 0.05) is 30.4 Å². The summed E-state index contributed by atoms with van der Waals surface area (Å²) in [6.07, 6.45) is 2.47. The van der Waals surface area contributed by atoms with Crippen LogP contribution in [-0.4, -0.2) is 24.5 Å². The second-order valence-corrected chi connectivity index (χ2v) is 4.51. The van der Waals surface area contributed by atoms with Crippen LogP contribution in [0.5, 0.6) is 5.75 Å². The molecule has 0 bridgehead atoms. The molecule has 0 aliphatic heterocycles. The third kappa shape index (κ3) is 3.57. The molecule has 1 aromatic heterocycles. The van der Waals surface area contributed by atoms with Crippen LogP contribution in [0, 0.1) is 6.92 Å². The van der Waals surface area contributed by atoms with E-state index in [2.05, 4.69) is 10.3 Å². The zero-order valence-corrected chi connectivity index (χ0v) is 11.7. The third-order valence-corrected chi connectivity index (χ3v) is 3.06. The summed E-state index contributed by atoms with van der Waals surface area (Å²) in [4.78, 5) is 16.2. The van der Waals surface area contributed by atoms with Crippen LogP contribution >= 0.6 is 0 Å². The average Bonchev–Trinajstić information content (AvgIpc) is 2.48. The fourth-order valence-electron chi connectivity index (χ4n) is 1.91. The number of carbonyl (C=O) groups is 1. The molecule has 1 heterocycles. The number of nitrogens with zero attached hydrogens (tertiary/aromatic N) is 1. The molecule has 20 heavy (non-hydrogen) atoms. The number of amides is 1. The summed E-state index contributed by atoms with van der Waals surface area (Å²) in [5, 5.41) is 2.88. The van der Waals surface area contributed by atoms with Crippen molar-refractivity contribution in [3.8, 4) is 5.75 Å². The van der Waals surface area contributed by atoms with Crippen molar-refractivity contribution in [2.24, 2.45) is 0 Å². The molecule has 0 atom stereocenters. The van der Waals surface area contributed by atoms with Crippen molar-refractivity contribution in [1.29, 1.82) is 0 Å². The molecule has 1 amide bonds. The molecule has 0 aliphatic rings. The normalized spacial score (nSPS) is 10.1. The van der Waals surface area contributed by atoms with Crippen LogP contribution in [0.1, 0.15) is 21.6 Å². The van der Waals surface area contributed by atoms with Gasteiger partial charge in [-0.3, -0.25) is 9.78 Å². The van der Waals surface area contributed by atoms with Crippen LogP contribution in [0.2, 0.25) is 0 Å². The van der Waals surface area contributed by atoms with Crippen molar-refractivity contribution in [3.63, 3.8) is 0 Å². The number of hydrogen-bond acceptors (Lipinski definition) is 3. The van der Waals surface area contributed by atoms with Crippen molar-refractivity contribution < 1.29 is 9.53 Å². The first-order valence-electron chi connectivity index (χ1n) is 6.53. The highest BCUT2D eigenvalue weighted by atomic mass is 16.5. The Balaban J connectivity index is 1.92. The lowest BCUT2D eigenvalue weighted by Crippen LogP contribution is -2.25. The fraction of sp³-hybridized carbons (Fsp3) is 0.250. The summed E-state index contributed by atoms with van der Waals surface area (Å²) >= 11 is 0. The lowest BCUT2D eigenvalue weighted by atomic mass is 10.1. The summed E-state index contributed by atoms with van der Waals surface area (Å²) in [7, 11) is 1.60. The lowest BCUT2D eigenvalue weighted by Gasteiger charge is -2.08. The van der Waals surface area contributed by atoms with Gasteiger partial charge in [0.05, 0.1) is 7.11 Å². The fourth-order valence-corrected chi connectivity index (χ4v) is 1.91. The Morgan fingerprint density at radius 3 is 2.85 bits per heavy atom. The molecule has 0 saturated heterocycles. The molecule has 1 aromatic carbocycles. The van der Waals surface area contributed by atoms with Crippen LogP contribution in [-0.2, 0) is 6.42 Å². The highest BCUT2D eigenvalue weighted by Crippen LogP contribution is 2.18. The van der Waals surface area contributed by atoms with Gasteiger partial charge in [-0.1, -0.05) is 12.1 Å². The Hall–Kier alpha value is -2.36. The van der Waals surface area contributed by atoms with E-state index in [1.165, 1.54) is 0 Å². The number of pyridine rings is 1. The summed E-state index contributed by atoms with van der Waals surface area (Å²) in [6, 6.07) is 11.2. The van der Waals surface area contributed by atoms with E-state index in [0.29, 0.717) is 12.1 Å². The van der Waals surface area contributed by atoms with Crippen LogP contribution < -0.4 is 10.1 Å². The first kappa shape index (κ1) is 14.1. The molecule has 4 nitrogen and oxygen atoms in total. The third-order valence-electron chi connectivity index (χ3n) is 3.06. The predicted molar refractivity (Wildman–Crippen MR) is 78.0 cm³/mol. The molecule has 0 unspecified atom stereocenters. The van der Waals surface area contributed by atoms with Crippen molar-refractivity contribution in [3.05, 3.63) is 59.4 Å². The minimum absolute atomic E-state index is 0.0979.